The summed E-state index contributed by atoms with van der Waals surface area (Å²) in [6.45, 7) is 0. The highest BCUT2D eigenvalue weighted by Gasteiger charge is 2.28. The third-order valence-corrected chi connectivity index (χ3v) is 2.23. The molecule has 0 aliphatic heterocycles. The van der Waals surface area contributed by atoms with Gasteiger partial charge in [0, 0.05) is 5.56 Å². The lowest BCUT2D eigenvalue weighted by Gasteiger charge is -2.17. The van der Waals surface area contributed by atoms with E-state index in [0.717, 1.165) is 0 Å². The SMILES string of the molecule is NC(=O)C(O)C(O)c1cc(F)c(F)cc1C(=O)O. The van der Waals surface area contributed by atoms with Gasteiger partial charge in [0.25, 0.3) is 0 Å². The van der Waals surface area contributed by atoms with E-state index in [9.17, 15) is 28.6 Å². The predicted molar refractivity (Wildman–Crippen MR) is 53.5 cm³/mol. The Balaban J connectivity index is 3.34. The van der Waals surface area contributed by atoms with Crippen LogP contribution in [-0.2, 0) is 4.79 Å². The van der Waals surface area contributed by atoms with Crippen molar-refractivity contribution >= 4 is 11.9 Å². The lowest BCUT2D eigenvalue weighted by Crippen LogP contribution is -2.34. The summed E-state index contributed by atoms with van der Waals surface area (Å²) in [6.07, 6.45) is -4.20. The molecule has 5 N–H and O–H groups in total. The molecule has 0 heterocycles. The van der Waals surface area contributed by atoms with Crippen LogP contribution >= 0.6 is 0 Å². The topological polar surface area (TPSA) is 121 Å². The minimum Gasteiger partial charge on any atom is -0.478 e. The highest BCUT2D eigenvalue weighted by molar-refractivity contribution is 5.90. The quantitative estimate of drug-likeness (QED) is 0.584. The maximum Gasteiger partial charge on any atom is 0.336 e. The number of carboxylic acids is 1. The smallest absolute Gasteiger partial charge is 0.336 e. The first-order chi connectivity index (χ1) is 8.25. The molecule has 6 nitrogen and oxygen atoms in total. The molecule has 0 fully saturated rings. The Kier molecular flexibility index (Phi) is 3.94. The van der Waals surface area contributed by atoms with Gasteiger partial charge in [0.1, 0.15) is 6.10 Å². The normalized spacial score (nSPS) is 14.0. The first-order valence-corrected chi connectivity index (χ1v) is 4.63. The van der Waals surface area contributed by atoms with Crippen LogP contribution < -0.4 is 5.73 Å². The highest BCUT2D eigenvalue weighted by atomic mass is 19.2. The molecule has 0 bridgehead atoms. The molecule has 1 rings (SSSR count). The van der Waals surface area contributed by atoms with Crippen molar-refractivity contribution < 1.29 is 33.7 Å². The number of primary amides is 1. The van der Waals surface area contributed by atoms with Crippen LogP contribution in [0.5, 0.6) is 0 Å². The molecule has 1 aromatic carbocycles. The Morgan fingerprint density at radius 1 is 1.17 bits per heavy atom. The first kappa shape index (κ1) is 14.0. The fourth-order valence-corrected chi connectivity index (χ4v) is 1.32. The monoisotopic (exact) mass is 261 g/mol. The number of halogens is 2. The Morgan fingerprint density at radius 3 is 2.11 bits per heavy atom. The van der Waals surface area contributed by atoms with Crippen LogP contribution in [0.25, 0.3) is 0 Å². The van der Waals surface area contributed by atoms with E-state index in [1.54, 1.807) is 0 Å². The molecule has 0 aromatic heterocycles. The van der Waals surface area contributed by atoms with Gasteiger partial charge in [-0.25, -0.2) is 13.6 Å². The van der Waals surface area contributed by atoms with Crippen LogP contribution in [0.4, 0.5) is 8.78 Å². The Labute approximate surface area is 99.3 Å². The van der Waals surface area contributed by atoms with Crippen LogP contribution in [-0.4, -0.2) is 33.3 Å². The average molecular weight is 261 g/mol. The van der Waals surface area contributed by atoms with E-state index in [-0.39, 0.29) is 0 Å². The average Bonchev–Trinajstić information content (AvgIpc) is 2.29. The van der Waals surface area contributed by atoms with Gasteiger partial charge >= 0.3 is 5.97 Å². The number of benzene rings is 1. The molecule has 0 saturated heterocycles. The number of rotatable bonds is 4. The molecule has 2 unspecified atom stereocenters. The van der Waals surface area contributed by atoms with Crippen LogP contribution in [0.2, 0.25) is 0 Å². The standard InChI is InChI=1S/C10H9F2NO5/c11-5-1-3(7(14)8(15)9(13)16)4(10(17)18)2-6(5)12/h1-2,7-8,14-15H,(H2,13,16)(H,17,18). The summed E-state index contributed by atoms with van der Waals surface area (Å²) in [5.41, 5.74) is 3.28. The Hall–Kier alpha value is -2.06. The van der Waals surface area contributed by atoms with Crippen molar-refractivity contribution in [1.29, 1.82) is 0 Å². The molecule has 2 atom stereocenters. The molecule has 0 spiro atoms. The van der Waals surface area contributed by atoms with Gasteiger partial charge in [0.15, 0.2) is 17.7 Å². The number of amides is 1. The lowest BCUT2D eigenvalue weighted by molar-refractivity contribution is -0.132. The van der Waals surface area contributed by atoms with Gasteiger partial charge in [-0.2, -0.15) is 0 Å². The molecular formula is C10H9F2NO5. The third kappa shape index (κ3) is 2.60. The van der Waals surface area contributed by atoms with Gasteiger partial charge in [0.2, 0.25) is 5.91 Å². The maximum atomic E-state index is 13.0. The third-order valence-electron chi connectivity index (χ3n) is 2.23. The van der Waals surface area contributed by atoms with Gasteiger partial charge in [-0.1, -0.05) is 0 Å². The first-order valence-electron chi connectivity index (χ1n) is 4.63. The van der Waals surface area contributed by atoms with Crippen molar-refractivity contribution in [3.8, 4) is 0 Å². The molecule has 0 radical (unpaired) electrons. The molecule has 0 aliphatic rings. The van der Waals surface area contributed by atoms with Crippen LogP contribution in [0, 0.1) is 11.6 Å². The second kappa shape index (κ2) is 5.07. The van der Waals surface area contributed by atoms with E-state index in [2.05, 4.69) is 0 Å². The van der Waals surface area contributed by atoms with E-state index >= 15 is 0 Å². The zero-order valence-corrected chi connectivity index (χ0v) is 8.80. The highest BCUT2D eigenvalue weighted by Crippen LogP contribution is 2.24. The van der Waals surface area contributed by atoms with Crippen molar-refractivity contribution in [2.75, 3.05) is 0 Å². The van der Waals surface area contributed by atoms with E-state index in [4.69, 9.17) is 10.8 Å². The largest absolute Gasteiger partial charge is 0.478 e. The van der Waals surface area contributed by atoms with E-state index in [0.29, 0.717) is 12.1 Å². The Morgan fingerprint density at radius 2 is 1.67 bits per heavy atom. The molecular weight excluding hydrogens is 252 g/mol. The summed E-state index contributed by atoms with van der Waals surface area (Å²) < 4.78 is 25.8. The minimum atomic E-state index is -2.13. The summed E-state index contributed by atoms with van der Waals surface area (Å²) in [5, 5.41) is 27.4. The predicted octanol–water partition coefficient (Wildman–Crippen LogP) is -0.457. The second-order valence-electron chi connectivity index (χ2n) is 3.45. The molecule has 8 heteroatoms. The second-order valence-corrected chi connectivity index (χ2v) is 3.45. The van der Waals surface area contributed by atoms with Gasteiger partial charge in [-0.15, -0.1) is 0 Å². The van der Waals surface area contributed by atoms with Gasteiger partial charge in [0.05, 0.1) is 5.56 Å². The number of aromatic carboxylic acids is 1. The van der Waals surface area contributed by atoms with Crippen molar-refractivity contribution in [1.82, 2.24) is 0 Å². The summed E-state index contributed by atoms with van der Waals surface area (Å²) >= 11 is 0. The number of nitrogens with two attached hydrogens (primary N) is 1. The van der Waals surface area contributed by atoms with Crippen LogP contribution in [0.1, 0.15) is 22.0 Å². The fourth-order valence-electron chi connectivity index (χ4n) is 1.32. The van der Waals surface area contributed by atoms with Crippen molar-refractivity contribution in [3.05, 3.63) is 34.9 Å². The number of aliphatic hydroxyl groups is 2. The van der Waals surface area contributed by atoms with Crippen molar-refractivity contribution in [2.45, 2.75) is 12.2 Å². The summed E-state index contributed by atoms with van der Waals surface area (Å²) in [7, 11) is 0. The fraction of sp³-hybridized carbons (Fsp3) is 0.200. The molecule has 1 aromatic rings. The zero-order valence-electron chi connectivity index (χ0n) is 8.80. The number of hydrogen-bond donors (Lipinski definition) is 4. The number of carboxylic acid groups (broad SMARTS) is 1. The minimum absolute atomic E-state index is 0.337. The van der Waals surface area contributed by atoms with Gasteiger partial charge < -0.3 is 21.1 Å². The molecule has 98 valence electrons. The van der Waals surface area contributed by atoms with Crippen LogP contribution in [0.15, 0.2) is 12.1 Å². The van der Waals surface area contributed by atoms with Gasteiger partial charge in [-0.05, 0) is 12.1 Å². The summed E-state index contributed by atoms with van der Waals surface area (Å²) in [4.78, 5) is 21.4. The molecule has 0 aliphatic carbocycles. The number of carbonyl (C=O) groups is 2. The van der Waals surface area contributed by atoms with E-state index < -0.39 is 46.8 Å². The number of carbonyl (C=O) groups excluding carboxylic acids is 1. The number of aliphatic hydroxyl groups excluding tert-OH is 2. The lowest BCUT2D eigenvalue weighted by atomic mass is 9.98. The summed E-state index contributed by atoms with van der Waals surface area (Å²) in [6, 6.07) is 0.722. The molecule has 1 amide bonds. The van der Waals surface area contributed by atoms with E-state index in [1.165, 1.54) is 0 Å². The maximum absolute atomic E-state index is 13.0. The number of hydrogen-bond acceptors (Lipinski definition) is 4. The van der Waals surface area contributed by atoms with Gasteiger partial charge in [-0.3, -0.25) is 4.79 Å². The van der Waals surface area contributed by atoms with Crippen molar-refractivity contribution in [2.24, 2.45) is 5.73 Å². The Bertz CT molecular complexity index is 505. The zero-order chi connectivity index (χ0) is 14.0. The molecule has 18 heavy (non-hydrogen) atoms. The summed E-state index contributed by atoms with van der Waals surface area (Å²) in [5.74, 6) is -5.84. The molecule has 0 saturated carbocycles. The van der Waals surface area contributed by atoms with E-state index in [1.807, 2.05) is 0 Å². The van der Waals surface area contributed by atoms with Crippen LogP contribution in [0.3, 0.4) is 0 Å². The van der Waals surface area contributed by atoms with Crippen molar-refractivity contribution in [3.63, 3.8) is 0 Å².